The van der Waals surface area contributed by atoms with Crippen molar-refractivity contribution in [1.82, 2.24) is 9.13 Å². The van der Waals surface area contributed by atoms with Crippen molar-refractivity contribution in [2.45, 2.75) is 0 Å². The van der Waals surface area contributed by atoms with E-state index in [2.05, 4.69) is 147 Å². The van der Waals surface area contributed by atoms with E-state index in [0.29, 0.717) is 11.3 Å². The third-order valence-electron chi connectivity index (χ3n) is 9.39. The molecule has 0 aliphatic heterocycles. The van der Waals surface area contributed by atoms with Gasteiger partial charge in [-0.3, -0.25) is 0 Å². The summed E-state index contributed by atoms with van der Waals surface area (Å²) in [6, 6.07) is 56.8. The molecule has 0 unspecified atom stereocenters. The Kier molecular flexibility index (Phi) is 6.22. The van der Waals surface area contributed by atoms with Crippen molar-refractivity contribution in [3.63, 3.8) is 0 Å². The van der Waals surface area contributed by atoms with Gasteiger partial charge in [0, 0.05) is 38.5 Å². The molecule has 2 aromatic heterocycles. The first kappa shape index (κ1) is 27.4. The zero-order chi connectivity index (χ0) is 32.2. The molecule has 4 heteroatoms. The normalized spacial score (nSPS) is 11.3. The SMILES string of the molecule is [C-]#[N+]c1ccc(-c2ccc(-c3ccc(-n4c5ccccc5c5ccc(C#N)cc54)cc3)cc2)c(-n2c3ccccc3c3ccccc32)c1. The van der Waals surface area contributed by atoms with Gasteiger partial charge in [0.05, 0.1) is 40.3 Å². The fourth-order valence-corrected chi connectivity index (χ4v) is 7.16. The molecule has 0 radical (unpaired) electrons. The van der Waals surface area contributed by atoms with Crippen molar-refractivity contribution in [2.75, 3.05) is 0 Å². The minimum Gasteiger partial charge on any atom is -0.310 e. The molecular weight excluding hydrogens is 585 g/mol. The molecule has 0 N–H and O–H groups in total. The van der Waals surface area contributed by atoms with Crippen molar-refractivity contribution in [3.05, 3.63) is 175 Å². The highest BCUT2D eigenvalue weighted by molar-refractivity contribution is 6.10. The fourth-order valence-electron chi connectivity index (χ4n) is 7.16. The summed E-state index contributed by atoms with van der Waals surface area (Å²) in [5, 5.41) is 14.3. The van der Waals surface area contributed by atoms with Crippen LogP contribution < -0.4 is 0 Å². The lowest BCUT2D eigenvalue weighted by Crippen LogP contribution is -1.97. The smallest absolute Gasteiger partial charge is 0.189 e. The Balaban J connectivity index is 1.12. The van der Waals surface area contributed by atoms with Crippen molar-refractivity contribution in [3.8, 4) is 39.7 Å². The highest BCUT2D eigenvalue weighted by Crippen LogP contribution is 2.39. The van der Waals surface area contributed by atoms with Crippen LogP contribution in [0.5, 0.6) is 0 Å². The van der Waals surface area contributed by atoms with E-state index in [9.17, 15) is 5.26 Å². The summed E-state index contributed by atoms with van der Waals surface area (Å²) >= 11 is 0. The first-order valence-corrected chi connectivity index (χ1v) is 15.9. The lowest BCUT2D eigenvalue weighted by molar-refractivity contribution is 1.18. The first-order chi connectivity index (χ1) is 23.7. The third kappa shape index (κ3) is 4.22. The van der Waals surface area contributed by atoms with E-state index < -0.39 is 0 Å². The highest BCUT2D eigenvalue weighted by atomic mass is 15.0. The minimum absolute atomic E-state index is 0.611. The maximum atomic E-state index is 9.59. The Bertz CT molecular complexity index is 2730. The molecule has 0 spiro atoms. The van der Waals surface area contributed by atoms with Crippen molar-refractivity contribution in [1.29, 1.82) is 5.26 Å². The molecular formula is C44H26N4. The zero-order valence-electron chi connectivity index (χ0n) is 25.8. The van der Waals surface area contributed by atoms with Gasteiger partial charge in [-0.15, -0.1) is 0 Å². The summed E-state index contributed by atoms with van der Waals surface area (Å²) in [5.41, 5.74) is 12.1. The number of fused-ring (bicyclic) bond motifs is 6. The molecule has 9 aromatic rings. The second-order valence-electron chi connectivity index (χ2n) is 12.0. The standard InChI is InChI=1S/C44H26N4/c1-46-33-21-25-35(44(27-33)48-41-12-6-3-8-36(41)37-9-4-7-13-42(37)48)32-17-15-30(16-18-32)31-19-22-34(23-20-31)47-40-11-5-2-10-38(40)39-24-14-29(28-45)26-43(39)47/h2-27H. The van der Waals surface area contributed by atoms with Gasteiger partial charge in [-0.25, -0.2) is 4.85 Å². The van der Waals surface area contributed by atoms with Gasteiger partial charge < -0.3 is 9.13 Å². The molecule has 0 saturated heterocycles. The maximum absolute atomic E-state index is 9.59. The van der Waals surface area contributed by atoms with Gasteiger partial charge in [0.15, 0.2) is 5.69 Å². The zero-order valence-corrected chi connectivity index (χ0v) is 25.8. The average molecular weight is 611 g/mol. The molecule has 0 amide bonds. The van der Waals surface area contributed by atoms with Crippen LogP contribution in [0.3, 0.4) is 0 Å². The molecule has 2 heterocycles. The number of benzene rings is 7. The quantitative estimate of drug-likeness (QED) is 0.183. The van der Waals surface area contributed by atoms with Crippen LogP contribution in [0.2, 0.25) is 0 Å². The topological polar surface area (TPSA) is 38.0 Å². The summed E-state index contributed by atoms with van der Waals surface area (Å²) in [6.45, 7) is 7.75. The molecule has 0 saturated carbocycles. The summed E-state index contributed by atoms with van der Waals surface area (Å²) in [4.78, 5) is 3.78. The molecule has 0 fully saturated rings. The molecule has 0 aliphatic rings. The third-order valence-corrected chi connectivity index (χ3v) is 9.39. The molecule has 9 rings (SSSR count). The second-order valence-corrected chi connectivity index (χ2v) is 12.0. The van der Waals surface area contributed by atoms with Crippen LogP contribution >= 0.6 is 0 Å². The van der Waals surface area contributed by atoms with Crippen molar-refractivity contribution < 1.29 is 0 Å². The number of para-hydroxylation sites is 3. The van der Waals surface area contributed by atoms with Gasteiger partial charge >= 0.3 is 0 Å². The van der Waals surface area contributed by atoms with Crippen LogP contribution in [-0.2, 0) is 0 Å². The molecule has 0 bridgehead atoms. The van der Waals surface area contributed by atoms with Crippen LogP contribution in [0.1, 0.15) is 5.56 Å². The maximum Gasteiger partial charge on any atom is 0.189 e. The summed E-state index contributed by atoms with van der Waals surface area (Å²) in [7, 11) is 0. The highest BCUT2D eigenvalue weighted by Gasteiger charge is 2.17. The predicted octanol–water partition coefficient (Wildman–Crippen LogP) is 11.6. The Labute approximate surface area is 277 Å². The Hall–Kier alpha value is -6.88. The summed E-state index contributed by atoms with van der Waals surface area (Å²) in [5.74, 6) is 0. The van der Waals surface area contributed by atoms with Crippen LogP contribution in [0, 0.1) is 17.9 Å². The number of hydrogen-bond donors (Lipinski definition) is 0. The van der Waals surface area contributed by atoms with E-state index in [1.807, 2.05) is 30.3 Å². The number of nitrogens with zero attached hydrogens (tertiary/aromatic N) is 4. The molecule has 48 heavy (non-hydrogen) atoms. The van der Waals surface area contributed by atoms with Crippen LogP contribution in [-0.4, -0.2) is 9.13 Å². The van der Waals surface area contributed by atoms with Gasteiger partial charge in [0.25, 0.3) is 0 Å². The minimum atomic E-state index is 0.611. The van der Waals surface area contributed by atoms with Gasteiger partial charge in [0.1, 0.15) is 0 Å². The Morgan fingerprint density at radius 3 is 1.58 bits per heavy atom. The molecule has 222 valence electrons. The van der Waals surface area contributed by atoms with Gasteiger partial charge in [-0.05, 0) is 65.2 Å². The number of hydrogen-bond acceptors (Lipinski definition) is 1. The fraction of sp³-hybridized carbons (Fsp3) is 0. The number of aromatic nitrogens is 2. The summed E-state index contributed by atoms with van der Waals surface area (Å²) < 4.78 is 4.52. The van der Waals surface area contributed by atoms with Gasteiger partial charge in [0.2, 0.25) is 0 Å². The van der Waals surface area contributed by atoms with E-state index in [1.54, 1.807) is 0 Å². The average Bonchev–Trinajstić information content (AvgIpc) is 3.67. The van der Waals surface area contributed by atoms with E-state index >= 15 is 0 Å². The Morgan fingerprint density at radius 2 is 1.00 bits per heavy atom. The van der Waals surface area contributed by atoms with E-state index in [1.165, 1.54) is 16.2 Å². The first-order valence-electron chi connectivity index (χ1n) is 15.9. The van der Waals surface area contributed by atoms with Crippen LogP contribution in [0.15, 0.2) is 158 Å². The number of rotatable bonds is 4. The van der Waals surface area contributed by atoms with Crippen LogP contribution in [0.4, 0.5) is 5.69 Å². The second kappa shape index (κ2) is 10.9. The summed E-state index contributed by atoms with van der Waals surface area (Å²) in [6.07, 6.45) is 0. The Morgan fingerprint density at radius 1 is 0.479 bits per heavy atom. The largest absolute Gasteiger partial charge is 0.310 e. The van der Waals surface area contributed by atoms with Crippen molar-refractivity contribution in [2.24, 2.45) is 0 Å². The van der Waals surface area contributed by atoms with E-state index in [0.717, 1.165) is 61.1 Å². The van der Waals surface area contributed by atoms with Gasteiger partial charge in [-0.2, -0.15) is 5.26 Å². The van der Waals surface area contributed by atoms with Crippen molar-refractivity contribution >= 4 is 49.3 Å². The predicted molar refractivity (Wildman–Crippen MR) is 197 cm³/mol. The number of nitriles is 1. The van der Waals surface area contributed by atoms with Gasteiger partial charge in [-0.1, -0.05) is 109 Å². The monoisotopic (exact) mass is 610 g/mol. The molecule has 4 nitrogen and oxygen atoms in total. The molecule has 0 atom stereocenters. The lowest BCUT2D eigenvalue weighted by Gasteiger charge is -2.15. The molecule has 0 aliphatic carbocycles. The van der Waals surface area contributed by atoms with E-state index in [4.69, 9.17) is 6.57 Å². The van der Waals surface area contributed by atoms with Crippen LogP contribution in [0.25, 0.3) is 82.1 Å². The lowest BCUT2D eigenvalue weighted by atomic mass is 9.98. The molecule has 7 aromatic carbocycles. The van der Waals surface area contributed by atoms with E-state index in [-0.39, 0.29) is 0 Å².